The van der Waals surface area contributed by atoms with Crippen LogP contribution in [0.25, 0.3) is 10.9 Å². The Morgan fingerprint density at radius 3 is 2.56 bits per heavy atom. The lowest BCUT2D eigenvalue weighted by molar-refractivity contribution is -0.0414. The van der Waals surface area contributed by atoms with E-state index in [0.29, 0.717) is 39.7 Å². The van der Waals surface area contributed by atoms with Gasteiger partial charge in [0.2, 0.25) is 0 Å². The Labute approximate surface area is 114 Å². The highest BCUT2D eigenvalue weighted by Crippen LogP contribution is 2.35. The molecule has 0 radical (unpaired) electrons. The number of aliphatic hydroxyl groups is 2. The van der Waals surface area contributed by atoms with E-state index in [9.17, 15) is 10.2 Å². The Morgan fingerprint density at radius 1 is 1.28 bits per heavy atom. The molecule has 0 unspecified atom stereocenters. The fraction of sp³-hybridized carbons (Fsp3) is 0.333. The number of hydrogen-bond donors (Lipinski definition) is 2. The fourth-order valence-corrected chi connectivity index (χ4v) is 2.48. The van der Waals surface area contributed by atoms with Gasteiger partial charge in [-0.05, 0) is 12.1 Å². The maximum Gasteiger partial charge on any atom is 0.180 e. The summed E-state index contributed by atoms with van der Waals surface area (Å²) in [7, 11) is 1.60. The summed E-state index contributed by atoms with van der Waals surface area (Å²) in [5.74, 6) is 0. The zero-order chi connectivity index (χ0) is 13.3. The van der Waals surface area contributed by atoms with E-state index in [2.05, 4.69) is 0 Å². The van der Waals surface area contributed by atoms with Crippen LogP contribution in [-0.2, 0) is 11.3 Å². The minimum atomic E-state index is -1.59. The normalized spacial score (nSPS) is 11.7. The second-order valence-corrected chi connectivity index (χ2v) is 4.71. The number of methoxy groups -OCH3 is 1. The summed E-state index contributed by atoms with van der Waals surface area (Å²) in [6.45, 7) is 1.05. The molecular weight excluding hydrogens is 277 g/mol. The third kappa shape index (κ3) is 2.35. The maximum atomic E-state index is 9.39. The van der Waals surface area contributed by atoms with Crippen LogP contribution in [0, 0.1) is 0 Å². The molecule has 0 bridgehead atoms. The summed E-state index contributed by atoms with van der Waals surface area (Å²) >= 11 is 12.2. The third-order valence-electron chi connectivity index (χ3n) is 2.76. The van der Waals surface area contributed by atoms with E-state index in [0.717, 1.165) is 0 Å². The highest BCUT2D eigenvalue weighted by molar-refractivity contribution is 6.40. The molecule has 0 fully saturated rings. The van der Waals surface area contributed by atoms with Crippen LogP contribution < -0.4 is 0 Å². The van der Waals surface area contributed by atoms with Gasteiger partial charge in [0.1, 0.15) is 0 Å². The number of nitrogens with zero attached hydrogens (tertiary/aromatic N) is 1. The van der Waals surface area contributed by atoms with Crippen LogP contribution in [-0.4, -0.2) is 28.5 Å². The summed E-state index contributed by atoms with van der Waals surface area (Å²) in [5, 5.41) is 20.3. The second-order valence-electron chi connectivity index (χ2n) is 3.90. The third-order valence-corrected chi connectivity index (χ3v) is 3.38. The molecule has 2 rings (SSSR count). The lowest BCUT2D eigenvalue weighted by atomic mass is 10.1. The maximum absolute atomic E-state index is 9.39. The van der Waals surface area contributed by atoms with Gasteiger partial charge < -0.3 is 19.5 Å². The minimum absolute atomic E-state index is 0.341. The van der Waals surface area contributed by atoms with Gasteiger partial charge in [-0.3, -0.25) is 0 Å². The molecule has 2 aromatic rings. The molecular formula is C12H13Cl2NO3. The number of aliphatic hydroxyl groups excluding tert-OH is 1. The molecule has 1 aromatic heterocycles. The van der Waals surface area contributed by atoms with Crippen molar-refractivity contribution < 1.29 is 14.9 Å². The predicted molar refractivity (Wildman–Crippen MR) is 71.0 cm³/mol. The first-order valence-electron chi connectivity index (χ1n) is 5.38. The lowest BCUT2D eigenvalue weighted by Crippen LogP contribution is -2.03. The number of ether oxygens (including phenoxy) is 1. The molecule has 0 atom stereocenters. The van der Waals surface area contributed by atoms with Gasteiger partial charge in [-0.1, -0.05) is 23.2 Å². The number of hydrogen-bond acceptors (Lipinski definition) is 3. The first-order valence-corrected chi connectivity index (χ1v) is 6.13. The van der Waals surface area contributed by atoms with E-state index in [1.165, 1.54) is 0 Å². The van der Waals surface area contributed by atoms with Crippen LogP contribution in [0.2, 0.25) is 10.0 Å². The van der Waals surface area contributed by atoms with Crippen molar-refractivity contribution in [3.63, 3.8) is 0 Å². The van der Waals surface area contributed by atoms with Gasteiger partial charge in [-0.15, -0.1) is 0 Å². The number of halogens is 2. The molecule has 0 spiro atoms. The largest absolute Gasteiger partial charge is 0.383 e. The van der Waals surface area contributed by atoms with Crippen LogP contribution in [0.15, 0.2) is 18.3 Å². The van der Waals surface area contributed by atoms with Gasteiger partial charge in [0.15, 0.2) is 6.29 Å². The molecule has 0 saturated heterocycles. The molecule has 1 aromatic carbocycles. The van der Waals surface area contributed by atoms with Crippen LogP contribution in [0.5, 0.6) is 0 Å². The minimum Gasteiger partial charge on any atom is -0.383 e. The Bertz CT molecular complexity index is 566. The Hall–Kier alpha value is -0.780. The van der Waals surface area contributed by atoms with Crippen molar-refractivity contribution in [2.45, 2.75) is 12.8 Å². The highest BCUT2D eigenvalue weighted by atomic mass is 35.5. The molecule has 6 heteroatoms. The number of benzene rings is 1. The van der Waals surface area contributed by atoms with E-state index < -0.39 is 6.29 Å². The van der Waals surface area contributed by atoms with Crippen LogP contribution in [0.3, 0.4) is 0 Å². The van der Waals surface area contributed by atoms with Crippen LogP contribution in [0.4, 0.5) is 0 Å². The smallest absolute Gasteiger partial charge is 0.180 e. The van der Waals surface area contributed by atoms with E-state index >= 15 is 0 Å². The summed E-state index contributed by atoms with van der Waals surface area (Å²) in [4.78, 5) is 0. The van der Waals surface area contributed by atoms with Crippen molar-refractivity contribution >= 4 is 34.1 Å². The second kappa shape index (κ2) is 5.47. The van der Waals surface area contributed by atoms with Crippen LogP contribution in [0.1, 0.15) is 11.9 Å². The molecule has 4 nitrogen and oxygen atoms in total. The average Bonchev–Trinajstić information content (AvgIpc) is 2.72. The Balaban J connectivity index is 2.68. The lowest BCUT2D eigenvalue weighted by Gasteiger charge is -2.06. The quantitative estimate of drug-likeness (QED) is 0.851. The SMILES string of the molecule is COCCn1cc(C(O)O)c2c(Cl)ccc(Cl)c21. The molecule has 18 heavy (non-hydrogen) atoms. The molecule has 0 aliphatic rings. The molecule has 2 N–H and O–H groups in total. The first kappa shape index (κ1) is 13.6. The standard InChI is InChI=1S/C12H13Cl2NO3/c1-18-5-4-15-6-7(12(16)17)10-8(13)2-3-9(14)11(10)15/h2-3,6,12,16-17H,4-5H2,1H3. The van der Waals surface area contributed by atoms with E-state index in [1.54, 1.807) is 25.4 Å². The zero-order valence-electron chi connectivity index (χ0n) is 9.73. The summed E-state index contributed by atoms with van der Waals surface area (Å²) < 4.78 is 6.82. The Morgan fingerprint density at radius 2 is 1.94 bits per heavy atom. The van der Waals surface area contributed by atoms with Gasteiger partial charge in [-0.2, -0.15) is 0 Å². The van der Waals surface area contributed by atoms with Crippen molar-refractivity contribution in [1.82, 2.24) is 4.57 Å². The van der Waals surface area contributed by atoms with Crippen molar-refractivity contribution in [2.24, 2.45) is 0 Å². The van der Waals surface area contributed by atoms with Gasteiger partial charge in [0.25, 0.3) is 0 Å². The number of aromatic nitrogens is 1. The zero-order valence-corrected chi connectivity index (χ0v) is 11.2. The van der Waals surface area contributed by atoms with Gasteiger partial charge in [0.05, 0.1) is 22.2 Å². The van der Waals surface area contributed by atoms with Gasteiger partial charge >= 0.3 is 0 Å². The van der Waals surface area contributed by atoms with Crippen molar-refractivity contribution in [2.75, 3.05) is 13.7 Å². The van der Waals surface area contributed by atoms with E-state index in [1.807, 2.05) is 4.57 Å². The topological polar surface area (TPSA) is 54.6 Å². The summed E-state index contributed by atoms with van der Waals surface area (Å²) in [6.07, 6.45) is 0.0406. The average molecular weight is 290 g/mol. The van der Waals surface area contributed by atoms with Crippen LogP contribution >= 0.6 is 23.2 Å². The molecule has 1 heterocycles. The summed E-state index contributed by atoms with van der Waals surface area (Å²) in [5.41, 5.74) is 1.03. The van der Waals surface area contributed by atoms with Crippen molar-refractivity contribution in [3.8, 4) is 0 Å². The van der Waals surface area contributed by atoms with E-state index in [4.69, 9.17) is 27.9 Å². The Kier molecular flexibility index (Phi) is 4.14. The van der Waals surface area contributed by atoms with Crippen molar-refractivity contribution in [3.05, 3.63) is 33.9 Å². The van der Waals surface area contributed by atoms with Gasteiger partial charge in [0, 0.05) is 30.8 Å². The monoisotopic (exact) mass is 289 g/mol. The predicted octanol–water partition coefficient (Wildman–Crippen LogP) is 2.58. The first-order chi connectivity index (χ1) is 8.56. The fourth-order valence-electron chi connectivity index (χ4n) is 1.96. The molecule has 98 valence electrons. The number of rotatable bonds is 4. The van der Waals surface area contributed by atoms with E-state index in [-0.39, 0.29) is 0 Å². The molecule has 0 aliphatic heterocycles. The highest BCUT2D eigenvalue weighted by Gasteiger charge is 2.18. The molecule has 0 amide bonds. The number of fused-ring (bicyclic) bond motifs is 1. The molecule has 0 aliphatic carbocycles. The summed E-state index contributed by atoms with van der Waals surface area (Å²) in [6, 6.07) is 3.32. The van der Waals surface area contributed by atoms with Crippen molar-refractivity contribution in [1.29, 1.82) is 0 Å². The van der Waals surface area contributed by atoms with Gasteiger partial charge in [-0.25, -0.2) is 0 Å². The molecule has 0 saturated carbocycles.